The van der Waals surface area contributed by atoms with Gasteiger partial charge in [0.1, 0.15) is 0 Å². The number of hydrogen-bond acceptors (Lipinski definition) is 4. The summed E-state index contributed by atoms with van der Waals surface area (Å²) in [6.45, 7) is 1.75. The molecule has 3 N–H and O–H groups in total. The summed E-state index contributed by atoms with van der Waals surface area (Å²) in [4.78, 5) is 11.7. The lowest BCUT2D eigenvalue weighted by molar-refractivity contribution is 0.0943. The van der Waals surface area contributed by atoms with Gasteiger partial charge in [-0.1, -0.05) is 0 Å². The van der Waals surface area contributed by atoms with Crippen LogP contribution in [0.25, 0.3) is 0 Å². The third-order valence-electron chi connectivity index (χ3n) is 2.10. The van der Waals surface area contributed by atoms with Crippen LogP contribution in [0.1, 0.15) is 17.3 Å². The minimum atomic E-state index is -0.981. The molecule has 0 aliphatic heterocycles. The average molecular weight is 257 g/mol. The second-order valence-electron chi connectivity index (χ2n) is 3.82. The number of hydrogen-bond donors (Lipinski definition) is 3. The van der Waals surface area contributed by atoms with Crippen LogP contribution in [0.15, 0.2) is 18.2 Å². The van der Waals surface area contributed by atoms with Crippen LogP contribution in [0.5, 0.6) is 11.5 Å². The number of amides is 1. The van der Waals surface area contributed by atoms with E-state index in [0.29, 0.717) is 5.75 Å². The third kappa shape index (κ3) is 4.07. The molecular weight excluding hydrogens is 242 g/mol. The molecule has 0 radical (unpaired) electrons. The van der Waals surface area contributed by atoms with Crippen LogP contribution in [0.3, 0.4) is 0 Å². The van der Waals surface area contributed by atoms with Crippen LogP contribution in [-0.2, 0) is 10.8 Å². The maximum absolute atomic E-state index is 11.7. The van der Waals surface area contributed by atoms with Crippen molar-refractivity contribution in [3.05, 3.63) is 23.8 Å². The lowest BCUT2D eigenvalue weighted by Gasteiger charge is -2.12. The summed E-state index contributed by atoms with van der Waals surface area (Å²) in [5, 5.41) is 21.0. The van der Waals surface area contributed by atoms with Crippen molar-refractivity contribution < 1.29 is 19.2 Å². The fourth-order valence-electron chi connectivity index (χ4n) is 1.37. The summed E-state index contributed by atoms with van der Waals surface area (Å²) >= 11 is 0. The normalized spacial score (nSPS) is 14.0. The summed E-state index contributed by atoms with van der Waals surface area (Å²) in [6.07, 6.45) is 1.56. The Morgan fingerprint density at radius 3 is 2.59 bits per heavy atom. The number of benzene rings is 1. The van der Waals surface area contributed by atoms with Gasteiger partial charge >= 0.3 is 0 Å². The molecule has 0 saturated carbocycles. The SMILES string of the molecule is CC(CS(C)=O)NC(=O)c1ccc(O)c(O)c1. The van der Waals surface area contributed by atoms with Gasteiger partial charge in [-0.2, -0.15) is 0 Å². The number of carbonyl (C=O) groups is 1. The van der Waals surface area contributed by atoms with Crippen molar-refractivity contribution in [3.63, 3.8) is 0 Å². The fourth-order valence-corrected chi connectivity index (χ4v) is 2.15. The van der Waals surface area contributed by atoms with E-state index < -0.39 is 10.8 Å². The predicted octanol–water partition coefficient (Wildman–Crippen LogP) is 0.595. The highest BCUT2D eigenvalue weighted by Crippen LogP contribution is 2.24. The van der Waals surface area contributed by atoms with E-state index in [1.165, 1.54) is 18.2 Å². The largest absolute Gasteiger partial charge is 0.504 e. The molecule has 2 unspecified atom stereocenters. The summed E-state index contributed by atoms with van der Waals surface area (Å²) < 4.78 is 11.0. The van der Waals surface area contributed by atoms with Gasteiger partial charge in [0.25, 0.3) is 5.91 Å². The standard InChI is InChI=1S/C11H15NO4S/c1-7(6-17(2)16)12-11(15)8-3-4-9(13)10(14)5-8/h3-5,7,13-14H,6H2,1-2H3,(H,12,15). The molecule has 5 nitrogen and oxygen atoms in total. The maximum atomic E-state index is 11.7. The Morgan fingerprint density at radius 2 is 2.06 bits per heavy atom. The number of aromatic hydroxyl groups is 2. The van der Waals surface area contributed by atoms with Gasteiger partial charge in [-0.15, -0.1) is 0 Å². The first kappa shape index (κ1) is 13.5. The molecule has 1 amide bonds. The zero-order valence-corrected chi connectivity index (χ0v) is 10.5. The van der Waals surface area contributed by atoms with Crippen LogP contribution in [0.4, 0.5) is 0 Å². The minimum absolute atomic E-state index is 0.218. The van der Waals surface area contributed by atoms with E-state index in [-0.39, 0.29) is 29.0 Å². The molecule has 1 rings (SSSR count). The minimum Gasteiger partial charge on any atom is -0.504 e. The molecule has 94 valence electrons. The van der Waals surface area contributed by atoms with Gasteiger partial charge in [0.05, 0.1) is 0 Å². The lowest BCUT2D eigenvalue weighted by atomic mass is 10.2. The van der Waals surface area contributed by atoms with E-state index >= 15 is 0 Å². The van der Waals surface area contributed by atoms with Gasteiger partial charge < -0.3 is 15.5 Å². The van der Waals surface area contributed by atoms with E-state index in [9.17, 15) is 14.1 Å². The predicted molar refractivity (Wildman–Crippen MR) is 65.6 cm³/mol. The molecular formula is C11H15NO4S. The first-order chi connectivity index (χ1) is 7.90. The number of nitrogens with one attached hydrogen (secondary N) is 1. The molecule has 17 heavy (non-hydrogen) atoms. The van der Waals surface area contributed by atoms with Crippen LogP contribution < -0.4 is 5.32 Å². The quantitative estimate of drug-likeness (QED) is 0.689. The molecule has 0 bridgehead atoms. The smallest absolute Gasteiger partial charge is 0.251 e. The first-order valence-electron chi connectivity index (χ1n) is 5.03. The molecule has 1 aromatic rings. The average Bonchev–Trinajstić information content (AvgIpc) is 2.20. The molecule has 0 aliphatic carbocycles. The Hall–Kier alpha value is -1.56. The van der Waals surface area contributed by atoms with Gasteiger partial charge in [-0.25, -0.2) is 0 Å². The third-order valence-corrected chi connectivity index (χ3v) is 3.07. The zero-order chi connectivity index (χ0) is 13.0. The van der Waals surface area contributed by atoms with Crippen LogP contribution in [0.2, 0.25) is 0 Å². The lowest BCUT2D eigenvalue weighted by Crippen LogP contribution is -2.36. The maximum Gasteiger partial charge on any atom is 0.251 e. The Bertz CT molecular complexity index is 447. The van der Waals surface area contributed by atoms with Crippen molar-refractivity contribution in [2.75, 3.05) is 12.0 Å². The zero-order valence-electron chi connectivity index (χ0n) is 9.64. The van der Waals surface area contributed by atoms with Gasteiger partial charge in [0, 0.05) is 34.4 Å². The highest BCUT2D eigenvalue weighted by molar-refractivity contribution is 7.84. The Labute approximate surface area is 102 Å². The van der Waals surface area contributed by atoms with Crippen molar-refractivity contribution in [2.45, 2.75) is 13.0 Å². The first-order valence-corrected chi connectivity index (χ1v) is 6.75. The molecule has 0 saturated heterocycles. The van der Waals surface area contributed by atoms with Crippen molar-refractivity contribution in [1.29, 1.82) is 0 Å². The van der Waals surface area contributed by atoms with E-state index in [4.69, 9.17) is 5.11 Å². The molecule has 1 aromatic carbocycles. The van der Waals surface area contributed by atoms with Crippen molar-refractivity contribution >= 4 is 16.7 Å². The van der Waals surface area contributed by atoms with Crippen molar-refractivity contribution in [1.82, 2.24) is 5.32 Å². The Balaban J connectivity index is 2.70. The van der Waals surface area contributed by atoms with Gasteiger partial charge in [-0.3, -0.25) is 9.00 Å². The van der Waals surface area contributed by atoms with E-state index in [2.05, 4.69) is 5.32 Å². The highest BCUT2D eigenvalue weighted by Gasteiger charge is 2.12. The molecule has 2 atom stereocenters. The summed E-state index contributed by atoms with van der Waals surface area (Å²) in [5.41, 5.74) is 0.244. The van der Waals surface area contributed by atoms with Gasteiger partial charge in [-0.05, 0) is 25.1 Å². The summed E-state index contributed by atoms with van der Waals surface area (Å²) in [5.74, 6) is -0.623. The Morgan fingerprint density at radius 1 is 1.41 bits per heavy atom. The van der Waals surface area contributed by atoms with Crippen LogP contribution in [-0.4, -0.2) is 38.4 Å². The second-order valence-corrected chi connectivity index (χ2v) is 5.30. The molecule has 0 spiro atoms. The molecule has 0 aliphatic rings. The fraction of sp³-hybridized carbons (Fsp3) is 0.364. The monoisotopic (exact) mass is 257 g/mol. The van der Waals surface area contributed by atoms with Gasteiger partial charge in [0.15, 0.2) is 11.5 Å². The molecule has 0 heterocycles. The van der Waals surface area contributed by atoms with Crippen molar-refractivity contribution in [2.24, 2.45) is 0 Å². The van der Waals surface area contributed by atoms with Gasteiger partial charge in [0.2, 0.25) is 0 Å². The van der Waals surface area contributed by atoms with E-state index in [0.717, 1.165) is 0 Å². The summed E-state index contributed by atoms with van der Waals surface area (Å²) in [7, 11) is -0.981. The molecule has 6 heteroatoms. The topological polar surface area (TPSA) is 86.6 Å². The van der Waals surface area contributed by atoms with E-state index in [1.807, 2.05) is 0 Å². The second kappa shape index (κ2) is 5.67. The molecule has 0 aromatic heterocycles. The van der Waals surface area contributed by atoms with E-state index in [1.54, 1.807) is 13.2 Å². The van der Waals surface area contributed by atoms with Crippen LogP contribution in [0, 0.1) is 0 Å². The number of carbonyl (C=O) groups excluding carboxylic acids is 1. The highest BCUT2D eigenvalue weighted by atomic mass is 32.2. The van der Waals surface area contributed by atoms with Crippen molar-refractivity contribution in [3.8, 4) is 11.5 Å². The number of phenolic OH excluding ortho intramolecular Hbond substituents is 2. The number of rotatable bonds is 4. The summed E-state index contributed by atoms with van der Waals surface area (Å²) in [6, 6.07) is 3.61. The van der Waals surface area contributed by atoms with Crippen LogP contribution >= 0.6 is 0 Å². The Kier molecular flexibility index (Phi) is 4.51. The number of phenols is 2. The molecule has 0 fully saturated rings.